The maximum Gasteiger partial charge on any atom is 0.232 e. The third-order valence-electron chi connectivity index (χ3n) is 2.21. The van der Waals surface area contributed by atoms with Crippen LogP contribution < -0.4 is 5.73 Å². The Labute approximate surface area is 103 Å². The summed E-state index contributed by atoms with van der Waals surface area (Å²) >= 11 is 1.70. The first kappa shape index (κ1) is 15.1. The summed E-state index contributed by atoms with van der Waals surface area (Å²) in [5.74, 6) is 0.814. The third-order valence-corrected chi connectivity index (χ3v) is 3.46. The molecule has 2 N–H and O–H groups in total. The zero-order chi connectivity index (χ0) is 10.8. The fraction of sp³-hybridized carbons (Fsp3) is 0.900. The summed E-state index contributed by atoms with van der Waals surface area (Å²) in [6.07, 6.45) is 0.950. The Hall–Kier alpha value is 0.0700. The summed E-state index contributed by atoms with van der Waals surface area (Å²) in [5, 5.41) is 0. The number of amides is 1. The summed E-state index contributed by atoms with van der Waals surface area (Å²) in [6, 6.07) is 0.193. The summed E-state index contributed by atoms with van der Waals surface area (Å²) in [5.41, 5.74) is 5.74. The van der Waals surface area contributed by atoms with E-state index in [0.29, 0.717) is 5.75 Å². The maximum absolute atomic E-state index is 11.7. The first-order valence-electron chi connectivity index (χ1n) is 5.06. The highest BCUT2D eigenvalue weighted by Crippen LogP contribution is 2.23. The van der Waals surface area contributed by atoms with E-state index in [1.807, 2.05) is 4.90 Å². The van der Waals surface area contributed by atoms with Gasteiger partial charge in [-0.3, -0.25) is 4.79 Å². The van der Waals surface area contributed by atoms with Crippen molar-refractivity contribution in [1.82, 2.24) is 4.90 Å². The van der Waals surface area contributed by atoms with E-state index >= 15 is 0 Å². The van der Waals surface area contributed by atoms with Gasteiger partial charge in [-0.25, -0.2) is 0 Å². The number of hydrogen-bond donors (Lipinski definition) is 1. The van der Waals surface area contributed by atoms with Crippen LogP contribution in [0.2, 0.25) is 0 Å². The lowest BCUT2D eigenvalue weighted by molar-refractivity contribution is -0.127. The molecule has 1 amide bonds. The molecule has 1 aliphatic heterocycles. The van der Waals surface area contributed by atoms with E-state index < -0.39 is 0 Å². The molecule has 1 fully saturated rings. The number of thioether (sulfide) groups is 1. The van der Waals surface area contributed by atoms with Crippen molar-refractivity contribution >= 4 is 30.1 Å². The van der Waals surface area contributed by atoms with E-state index in [2.05, 4.69) is 20.8 Å². The molecule has 1 saturated heterocycles. The van der Waals surface area contributed by atoms with Crippen molar-refractivity contribution < 1.29 is 4.79 Å². The van der Waals surface area contributed by atoms with Crippen LogP contribution in [0.4, 0.5) is 0 Å². The number of hydrogen-bond acceptors (Lipinski definition) is 3. The molecule has 1 atom stereocenters. The van der Waals surface area contributed by atoms with Crippen LogP contribution in [0.15, 0.2) is 0 Å². The van der Waals surface area contributed by atoms with E-state index in [1.165, 1.54) is 0 Å². The van der Waals surface area contributed by atoms with Crippen molar-refractivity contribution in [3.8, 4) is 0 Å². The normalized spacial score (nSPS) is 21.3. The Bertz CT molecular complexity index is 218. The largest absolute Gasteiger partial charge is 0.340 e. The highest BCUT2D eigenvalue weighted by atomic mass is 35.5. The predicted octanol–water partition coefficient (Wildman–Crippen LogP) is 1.50. The predicted molar refractivity (Wildman–Crippen MR) is 68.6 cm³/mol. The van der Waals surface area contributed by atoms with Crippen molar-refractivity contribution in [2.75, 3.05) is 18.8 Å². The van der Waals surface area contributed by atoms with Crippen LogP contribution in [0.25, 0.3) is 0 Å². The van der Waals surface area contributed by atoms with Gasteiger partial charge in [0.25, 0.3) is 0 Å². The zero-order valence-electron chi connectivity index (χ0n) is 9.66. The fourth-order valence-corrected chi connectivity index (χ4v) is 2.12. The van der Waals surface area contributed by atoms with Gasteiger partial charge in [0.05, 0.1) is 5.75 Å². The zero-order valence-corrected chi connectivity index (χ0v) is 11.3. The lowest BCUT2D eigenvalue weighted by Gasteiger charge is -2.20. The number of nitrogens with two attached hydrogens (primary N) is 1. The number of rotatable bonds is 2. The number of halogens is 1. The van der Waals surface area contributed by atoms with Crippen LogP contribution in [0.3, 0.4) is 0 Å². The van der Waals surface area contributed by atoms with E-state index in [-0.39, 0.29) is 29.1 Å². The van der Waals surface area contributed by atoms with Crippen LogP contribution in [0.5, 0.6) is 0 Å². The van der Waals surface area contributed by atoms with Gasteiger partial charge in [-0.2, -0.15) is 0 Å². The summed E-state index contributed by atoms with van der Waals surface area (Å²) in [7, 11) is 0. The molecule has 1 heterocycles. The van der Waals surface area contributed by atoms with Gasteiger partial charge in [-0.1, -0.05) is 20.8 Å². The molecular weight excluding hydrogens is 232 g/mol. The molecule has 1 aliphatic rings. The van der Waals surface area contributed by atoms with E-state index in [1.54, 1.807) is 11.8 Å². The standard InChI is InChI=1S/C10H20N2OS.ClH/c1-10(2,3)14-7-9(13)12-5-4-8(11)6-12;/h8H,4-7,11H2,1-3H3;1H/t8-;/m0./s1. The second-order valence-corrected chi connectivity index (χ2v) is 6.59. The Morgan fingerprint density at radius 1 is 1.53 bits per heavy atom. The SMILES string of the molecule is CC(C)(C)SCC(=O)N1CC[C@H](N)C1.Cl. The molecule has 0 aliphatic carbocycles. The van der Waals surface area contributed by atoms with Crippen molar-refractivity contribution in [3.05, 3.63) is 0 Å². The third kappa shape index (κ3) is 5.64. The van der Waals surface area contributed by atoms with E-state index in [4.69, 9.17) is 5.73 Å². The van der Waals surface area contributed by atoms with Crippen molar-refractivity contribution in [3.63, 3.8) is 0 Å². The van der Waals surface area contributed by atoms with Gasteiger partial charge in [0.1, 0.15) is 0 Å². The average molecular weight is 253 g/mol. The van der Waals surface area contributed by atoms with Gasteiger partial charge < -0.3 is 10.6 Å². The van der Waals surface area contributed by atoms with Crippen LogP contribution in [-0.4, -0.2) is 40.4 Å². The van der Waals surface area contributed by atoms with Crippen molar-refractivity contribution in [2.45, 2.75) is 38.0 Å². The molecule has 0 aromatic carbocycles. The molecular formula is C10H21ClN2OS. The number of carbonyl (C=O) groups excluding carboxylic acids is 1. The topological polar surface area (TPSA) is 46.3 Å². The van der Waals surface area contributed by atoms with Crippen molar-refractivity contribution in [2.24, 2.45) is 5.73 Å². The van der Waals surface area contributed by atoms with E-state index in [9.17, 15) is 4.79 Å². The quantitative estimate of drug-likeness (QED) is 0.810. The minimum Gasteiger partial charge on any atom is -0.340 e. The number of nitrogens with zero attached hydrogens (tertiary/aromatic N) is 1. The Morgan fingerprint density at radius 2 is 2.13 bits per heavy atom. The monoisotopic (exact) mass is 252 g/mol. The Balaban J connectivity index is 0.00000196. The molecule has 0 aromatic heterocycles. The molecule has 0 unspecified atom stereocenters. The molecule has 15 heavy (non-hydrogen) atoms. The Morgan fingerprint density at radius 3 is 2.53 bits per heavy atom. The van der Waals surface area contributed by atoms with Crippen LogP contribution in [0, 0.1) is 0 Å². The average Bonchev–Trinajstić information content (AvgIpc) is 2.46. The first-order valence-corrected chi connectivity index (χ1v) is 6.04. The number of carbonyl (C=O) groups is 1. The molecule has 0 spiro atoms. The first-order chi connectivity index (χ1) is 6.38. The molecule has 3 nitrogen and oxygen atoms in total. The molecule has 90 valence electrons. The molecule has 0 saturated carbocycles. The summed E-state index contributed by atoms with van der Waals surface area (Å²) in [6.45, 7) is 7.95. The van der Waals surface area contributed by atoms with Crippen LogP contribution in [0.1, 0.15) is 27.2 Å². The minimum absolute atomic E-state index is 0. The summed E-state index contributed by atoms with van der Waals surface area (Å²) < 4.78 is 0.164. The fourth-order valence-electron chi connectivity index (χ4n) is 1.38. The smallest absolute Gasteiger partial charge is 0.232 e. The lowest BCUT2D eigenvalue weighted by Crippen LogP contribution is -2.33. The van der Waals surface area contributed by atoms with Gasteiger partial charge in [0.2, 0.25) is 5.91 Å². The second-order valence-electron chi connectivity index (χ2n) is 4.79. The van der Waals surface area contributed by atoms with Gasteiger partial charge in [0, 0.05) is 23.9 Å². The molecule has 1 rings (SSSR count). The highest BCUT2D eigenvalue weighted by Gasteiger charge is 2.24. The van der Waals surface area contributed by atoms with Crippen molar-refractivity contribution in [1.29, 1.82) is 0 Å². The highest BCUT2D eigenvalue weighted by molar-refractivity contribution is 8.01. The molecule has 0 bridgehead atoms. The van der Waals surface area contributed by atoms with Crippen LogP contribution >= 0.6 is 24.2 Å². The molecule has 5 heteroatoms. The summed E-state index contributed by atoms with van der Waals surface area (Å²) in [4.78, 5) is 13.6. The van der Waals surface area contributed by atoms with Gasteiger partial charge >= 0.3 is 0 Å². The van der Waals surface area contributed by atoms with Gasteiger partial charge in [-0.05, 0) is 6.42 Å². The van der Waals surface area contributed by atoms with Gasteiger partial charge in [-0.15, -0.1) is 24.2 Å². The van der Waals surface area contributed by atoms with E-state index in [0.717, 1.165) is 19.5 Å². The molecule has 0 radical (unpaired) electrons. The molecule has 0 aromatic rings. The Kier molecular flexibility index (Phi) is 5.99. The van der Waals surface area contributed by atoms with Gasteiger partial charge in [0.15, 0.2) is 0 Å². The maximum atomic E-state index is 11.7. The van der Waals surface area contributed by atoms with Crippen LogP contribution in [-0.2, 0) is 4.79 Å². The minimum atomic E-state index is 0. The lowest BCUT2D eigenvalue weighted by atomic mass is 10.3. The number of likely N-dealkylation sites (tertiary alicyclic amines) is 1. The second kappa shape index (κ2) is 5.97.